The molecule has 0 spiro atoms. The van der Waals surface area contributed by atoms with E-state index in [0.29, 0.717) is 13.2 Å². The van der Waals surface area contributed by atoms with Gasteiger partial charge in [-0.2, -0.15) is 0 Å². The molecule has 0 aromatic heterocycles. The maximum Gasteiger partial charge on any atom is 0.435 e. The van der Waals surface area contributed by atoms with Crippen LogP contribution in [0.3, 0.4) is 0 Å². The summed E-state index contributed by atoms with van der Waals surface area (Å²) in [4.78, 5) is 0. The number of hydrogen-bond donors (Lipinski definition) is 0. The van der Waals surface area contributed by atoms with Gasteiger partial charge in [-0.1, -0.05) is 44.9 Å². The fraction of sp³-hybridized carbons (Fsp3) is 0.600. The Bertz CT molecular complexity index is 397. The molecule has 114 valence electrons. The topological polar surface area (TPSA) is 38.8 Å². The second-order valence-corrected chi connectivity index (χ2v) is 6.75. The third-order valence-corrected chi connectivity index (χ3v) is 4.99. The minimum Gasteiger partial charge on any atom is -0.292 e. The molecule has 0 radical (unpaired) electrons. The van der Waals surface area contributed by atoms with Crippen LogP contribution in [0, 0.1) is 0 Å². The van der Waals surface area contributed by atoms with Crippen molar-refractivity contribution in [2.24, 2.45) is 0 Å². The van der Waals surface area contributed by atoms with Gasteiger partial charge in [-0.3, -0.25) is 13.7 Å². The van der Waals surface area contributed by atoms with Crippen LogP contribution in [0.25, 0.3) is 0 Å². The molecule has 20 heavy (non-hydrogen) atoms. The molecule has 1 rings (SSSR count). The van der Waals surface area contributed by atoms with Gasteiger partial charge in [0, 0.05) is 12.7 Å². The predicted octanol–water partition coefficient (Wildman–Crippen LogP) is 4.86. The number of rotatable bonds is 10. The highest BCUT2D eigenvalue weighted by Gasteiger charge is 2.31. The van der Waals surface area contributed by atoms with Crippen LogP contribution in [-0.2, 0) is 13.6 Å². The van der Waals surface area contributed by atoms with E-state index in [1.54, 1.807) is 11.7 Å². The van der Waals surface area contributed by atoms with Crippen molar-refractivity contribution < 1.29 is 13.6 Å². The molecule has 0 heterocycles. The molecule has 0 unspecified atom stereocenters. The summed E-state index contributed by atoms with van der Waals surface area (Å²) in [5.41, 5.74) is 0.837. The van der Waals surface area contributed by atoms with Gasteiger partial charge in [0.2, 0.25) is 0 Å². The van der Waals surface area contributed by atoms with Crippen LogP contribution in [0.5, 0.6) is 0 Å². The van der Waals surface area contributed by atoms with Crippen molar-refractivity contribution in [2.75, 3.05) is 24.9 Å². The maximum absolute atomic E-state index is 12.9. The quantitative estimate of drug-likeness (QED) is 0.456. The number of para-hydroxylation sites is 1. The summed E-state index contributed by atoms with van der Waals surface area (Å²) in [6.07, 6.45) is 3.77. The zero-order valence-electron chi connectivity index (χ0n) is 12.7. The number of anilines is 1. The molecule has 0 amide bonds. The molecule has 0 aliphatic rings. The lowest BCUT2D eigenvalue weighted by molar-refractivity contribution is 0.199. The van der Waals surface area contributed by atoms with Crippen LogP contribution in [0.4, 0.5) is 5.69 Å². The number of hydrogen-bond acceptors (Lipinski definition) is 3. The molecule has 0 atom stereocenters. The maximum atomic E-state index is 12.9. The Balaban J connectivity index is 2.77. The zero-order valence-corrected chi connectivity index (χ0v) is 13.6. The predicted molar refractivity (Wildman–Crippen MR) is 84.2 cm³/mol. The van der Waals surface area contributed by atoms with Crippen LogP contribution in [-0.4, -0.2) is 20.3 Å². The van der Waals surface area contributed by atoms with Crippen LogP contribution in [0.15, 0.2) is 30.3 Å². The average Bonchev–Trinajstić information content (AvgIpc) is 2.48. The molecule has 0 saturated heterocycles. The lowest BCUT2D eigenvalue weighted by Gasteiger charge is -2.28. The van der Waals surface area contributed by atoms with Crippen LogP contribution < -0.4 is 4.67 Å². The first-order valence-corrected chi connectivity index (χ1v) is 8.82. The molecular formula is C15H26NO3P. The first-order valence-electron chi connectivity index (χ1n) is 7.32. The second kappa shape index (κ2) is 9.17. The minimum atomic E-state index is -3.26. The molecule has 4 nitrogen and oxygen atoms in total. The number of benzene rings is 1. The molecular weight excluding hydrogens is 273 g/mol. The standard InChI is InChI=1S/C15H26NO3P/c1-4-6-13-18-20(17,19-14-7-5-2)16(3)15-11-9-8-10-12-15/h8-12H,4-7,13-14H2,1-3H3. The number of unbranched alkanes of at least 4 members (excludes halogenated alkanes) is 2. The lowest BCUT2D eigenvalue weighted by Crippen LogP contribution is -2.18. The van der Waals surface area contributed by atoms with E-state index in [2.05, 4.69) is 13.8 Å². The first kappa shape index (κ1) is 17.2. The van der Waals surface area contributed by atoms with Crippen LogP contribution >= 0.6 is 7.75 Å². The average molecular weight is 299 g/mol. The highest BCUT2D eigenvalue weighted by atomic mass is 31.2. The smallest absolute Gasteiger partial charge is 0.292 e. The number of nitrogens with zero attached hydrogens (tertiary/aromatic N) is 1. The zero-order chi connectivity index (χ0) is 14.8. The van der Waals surface area contributed by atoms with Crippen LogP contribution in [0.2, 0.25) is 0 Å². The summed E-state index contributed by atoms with van der Waals surface area (Å²) >= 11 is 0. The van der Waals surface area contributed by atoms with E-state index in [1.807, 2.05) is 30.3 Å². The van der Waals surface area contributed by atoms with Gasteiger partial charge in [0.25, 0.3) is 0 Å². The summed E-state index contributed by atoms with van der Waals surface area (Å²) in [7, 11) is -1.50. The molecule has 0 saturated carbocycles. The molecule has 0 aliphatic carbocycles. The lowest BCUT2D eigenvalue weighted by atomic mass is 10.3. The van der Waals surface area contributed by atoms with Gasteiger partial charge in [0.1, 0.15) is 0 Å². The van der Waals surface area contributed by atoms with E-state index in [-0.39, 0.29) is 0 Å². The van der Waals surface area contributed by atoms with Crippen molar-refractivity contribution in [3.8, 4) is 0 Å². The fourth-order valence-electron chi connectivity index (χ4n) is 1.64. The Kier molecular flexibility index (Phi) is 7.90. The Morgan fingerprint density at radius 3 is 1.95 bits per heavy atom. The van der Waals surface area contributed by atoms with Crippen molar-refractivity contribution in [1.82, 2.24) is 0 Å². The van der Waals surface area contributed by atoms with Gasteiger partial charge in [0.05, 0.1) is 13.2 Å². The van der Waals surface area contributed by atoms with Gasteiger partial charge in [-0.15, -0.1) is 0 Å². The van der Waals surface area contributed by atoms with E-state index in [0.717, 1.165) is 31.4 Å². The van der Waals surface area contributed by atoms with E-state index in [4.69, 9.17) is 9.05 Å². The van der Waals surface area contributed by atoms with Crippen LogP contribution in [0.1, 0.15) is 39.5 Å². The molecule has 1 aromatic carbocycles. The largest absolute Gasteiger partial charge is 0.435 e. The molecule has 0 bridgehead atoms. The van der Waals surface area contributed by atoms with Gasteiger partial charge in [-0.25, -0.2) is 4.57 Å². The van der Waals surface area contributed by atoms with E-state index >= 15 is 0 Å². The minimum absolute atomic E-state index is 0.455. The van der Waals surface area contributed by atoms with Crippen molar-refractivity contribution >= 4 is 13.4 Å². The third kappa shape index (κ3) is 5.28. The summed E-state index contributed by atoms with van der Waals surface area (Å²) in [6.45, 7) is 5.06. The SMILES string of the molecule is CCCCOP(=O)(OCCCC)N(C)c1ccccc1. The molecule has 0 aliphatic heterocycles. The van der Waals surface area contributed by atoms with E-state index in [9.17, 15) is 4.57 Å². The Morgan fingerprint density at radius 2 is 1.50 bits per heavy atom. The Hall–Kier alpha value is -0.830. The van der Waals surface area contributed by atoms with Crippen molar-refractivity contribution in [3.05, 3.63) is 30.3 Å². The summed E-state index contributed by atoms with van der Waals surface area (Å²) in [5.74, 6) is 0. The Labute approximate surface area is 122 Å². The van der Waals surface area contributed by atoms with Crippen molar-refractivity contribution in [3.63, 3.8) is 0 Å². The summed E-state index contributed by atoms with van der Waals surface area (Å²) < 4.78 is 25.8. The molecule has 5 heteroatoms. The monoisotopic (exact) mass is 299 g/mol. The third-order valence-electron chi connectivity index (χ3n) is 3.00. The molecule has 0 fully saturated rings. The van der Waals surface area contributed by atoms with E-state index in [1.165, 1.54) is 0 Å². The summed E-state index contributed by atoms with van der Waals surface area (Å²) in [5, 5.41) is 0. The van der Waals surface area contributed by atoms with Crippen molar-refractivity contribution in [2.45, 2.75) is 39.5 Å². The first-order chi connectivity index (χ1) is 9.64. The second-order valence-electron chi connectivity index (χ2n) is 4.70. The highest BCUT2D eigenvalue weighted by molar-refractivity contribution is 7.55. The summed E-state index contributed by atoms with van der Waals surface area (Å²) in [6, 6.07) is 9.55. The normalized spacial score (nSPS) is 11.6. The fourth-order valence-corrected chi connectivity index (χ4v) is 3.20. The van der Waals surface area contributed by atoms with Gasteiger partial charge in [0.15, 0.2) is 0 Å². The van der Waals surface area contributed by atoms with Gasteiger partial charge in [-0.05, 0) is 25.0 Å². The molecule has 1 aromatic rings. The van der Waals surface area contributed by atoms with Gasteiger partial charge >= 0.3 is 7.75 Å². The van der Waals surface area contributed by atoms with Gasteiger partial charge < -0.3 is 0 Å². The highest BCUT2D eigenvalue weighted by Crippen LogP contribution is 2.53. The van der Waals surface area contributed by atoms with Crippen molar-refractivity contribution in [1.29, 1.82) is 0 Å². The Morgan fingerprint density at radius 1 is 1.00 bits per heavy atom. The molecule has 0 N–H and O–H groups in total. The van der Waals surface area contributed by atoms with E-state index < -0.39 is 7.75 Å².